The van der Waals surface area contributed by atoms with Gasteiger partial charge in [0.05, 0.1) is 12.0 Å². The van der Waals surface area contributed by atoms with Crippen LogP contribution >= 0.6 is 0 Å². The third-order valence-electron chi connectivity index (χ3n) is 5.28. The first-order valence-electron chi connectivity index (χ1n) is 10.6. The average Bonchev–Trinajstić information content (AvgIpc) is 2.78. The Morgan fingerprint density at radius 1 is 0.971 bits per heavy atom. The lowest BCUT2D eigenvalue weighted by atomic mass is 9.98. The zero-order valence-electron chi connectivity index (χ0n) is 18.7. The number of ether oxygens (including phenoxy) is 1. The molecule has 2 aromatic carbocycles. The number of alkyl halides is 5. The molecule has 194 valence electrons. The van der Waals surface area contributed by atoms with E-state index in [1.807, 2.05) is 0 Å². The molecule has 1 N–H and O–H groups in total. The van der Waals surface area contributed by atoms with E-state index < -0.39 is 46.8 Å². The molecule has 1 unspecified atom stereocenters. The summed E-state index contributed by atoms with van der Waals surface area (Å²) in [7, 11) is -2.96. The van der Waals surface area contributed by atoms with Gasteiger partial charge in [-0.05, 0) is 61.1 Å². The van der Waals surface area contributed by atoms with E-state index in [0.29, 0.717) is 18.4 Å². The van der Waals surface area contributed by atoms with Gasteiger partial charge in [-0.2, -0.15) is 22.0 Å². The largest absolute Gasteiger partial charge is 0.469 e. The quantitative estimate of drug-likeness (QED) is 0.285. The molecule has 0 fully saturated rings. The van der Waals surface area contributed by atoms with Gasteiger partial charge in [0.2, 0.25) is 10.0 Å². The standard InChI is InChI=1S/C23H25F6NO4S/c1-34-21(31)6-2-4-16-7-9-17(10-8-16)20(5-3-15-22(25,26)23(27,28)29)30-35(32,33)19-13-11-18(24)12-14-19/h7-14,20,30H,2-6,15H2,1H3. The highest BCUT2D eigenvalue weighted by Crippen LogP contribution is 2.39. The Bertz CT molecular complexity index is 1070. The molecule has 5 nitrogen and oxygen atoms in total. The van der Waals surface area contributed by atoms with Crippen molar-refractivity contribution in [3.8, 4) is 0 Å². The highest BCUT2D eigenvalue weighted by molar-refractivity contribution is 7.89. The molecule has 0 aliphatic heterocycles. The smallest absolute Gasteiger partial charge is 0.453 e. The fourth-order valence-corrected chi connectivity index (χ4v) is 4.55. The van der Waals surface area contributed by atoms with Crippen LogP contribution in [-0.2, 0) is 26.0 Å². The van der Waals surface area contributed by atoms with Gasteiger partial charge < -0.3 is 4.74 Å². The summed E-state index contributed by atoms with van der Waals surface area (Å²) in [6, 6.07) is 9.13. The molecular weight excluding hydrogens is 500 g/mol. The predicted octanol–water partition coefficient (Wildman–Crippen LogP) is 5.71. The summed E-state index contributed by atoms with van der Waals surface area (Å²) in [4.78, 5) is 10.9. The molecule has 12 heteroatoms. The van der Waals surface area contributed by atoms with E-state index in [0.717, 1.165) is 29.8 Å². The van der Waals surface area contributed by atoms with E-state index >= 15 is 0 Å². The van der Waals surface area contributed by atoms with E-state index in [-0.39, 0.29) is 23.7 Å². The van der Waals surface area contributed by atoms with Crippen LogP contribution in [0.1, 0.15) is 49.3 Å². The Morgan fingerprint density at radius 2 is 1.57 bits per heavy atom. The predicted molar refractivity (Wildman–Crippen MR) is 116 cm³/mol. The number of carbonyl (C=O) groups is 1. The van der Waals surface area contributed by atoms with Crippen LogP contribution in [0.15, 0.2) is 53.4 Å². The molecule has 0 aliphatic rings. The van der Waals surface area contributed by atoms with Gasteiger partial charge in [-0.1, -0.05) is 24.3 Å². The van der Waals surface area contributed by atoms with Gasteiger partial charge in [0.15, 0.2) is 0 Å². The highest BCUT2D eigenvalue weighted by atomic mass is 32.2. The van der Waals surface area contributed by atoms with Crippen LogP contribution in [0.2, 0.25) is 0 Å². The number of halogens is 6. The summed E-state index contributed by atoms with van der Waals surface area (Å²) >= 11 is 0. The molecule has 0 saturated carbocycles. The van der Waals surface area contributed by atoms with E-state index in [1.54, 1.807) is 12.1 Å². The van der Waals surface area contributed by atoms with Crippen LogP contribution in [0.25, 0.3) is 0 Å². The summed E-state index contributed by atoms with van der Waals surface area (Å²) in [5.74, 6) is -5.94. The maximum atomic E-state index is 13.3. The Labute approximate surface area is 199 Å². The number of aryl methyl sites for hydroxylation is 1. The summed E-state index contributed by atoms with van der Waals surface area (Å²) in [6.45, 7) is 0. The zero-order valence-corrected chi connectivity index (χ0v) is 19.6. The van der Waals surface area contributed by atoms with Crippen molar-refractivity contribution in [2.24, 2.45) is 0 Å². The Hall–Kier alpha value is -2.60. The normalized spacial score (nSPS) is 13.5. The summed E-state index contributed by atoms with van der Waals surface area (Å²) in [6.07, 6.45) is -6.96. The van der Waals surface area contributed by atoms with Crippen molar-refractivity contribution in [1.29, 1.82) is 0 Å². The SMILES string of the molecule is COC(=O)CCCc1ccc(C(CCCC(F)(F)C(F)(F)F)NS(=O)(=O)c2ccc(F)cc2)cc1. The first kappa shape index (κ1) is 28.6. The van der Waals surface area contributed by atoms with Crippen molar-refractivity contribution < 1.29 is 44.3 Å². The molecule has 0 aliphatic carbocycles. The van der Waals surface area contributed by atoms with E-state index in [4.69, 9.17) is 0 Å². The van der Waals surface area contributed by atoms with Gasteiger partial charge >= 0.3 is 18.1 Å². The van der Waals surface area contributed by atoms with Crippen LogP contribution in [-0.4, -0.2) is 33.6 Å². The van der Waals surface area contributed by atoms with Crippen LogP contribution in [0.5, 0.6) is 0 Å². The van der Waals surface area contributed by atoms with E-state index in [1.165, 1.54) is 19.2 Å². The first-order chi connectivity index (χ1) is 16.2. The minimum Gasteiger partial charge on any atom is -0.469 e. The first-order valence-corrected chi connectivity index (χ1v) is 12.1. The van der Waals surface area contributed by atoms with E-state index in [9.17, 15) is 39.6 Å². The maximum absolute atomic E-state index is 13.3. The van der Waals surface area contributed by atoms with Crippen molar-refractivity contribution in [2.75, 3.05) is 7.11 Å². The van der Waals surface area contributed by atoms with Gasteiger partial charge in [-0.25, -0.2) is 17.5 Å². The number of sulfonamides is 1. The third-order valence-corrected chi connectivity index (χ3v) is 6.76. The Morgan fingerprint density at radius 3 is 2.11 bits per heavy atom. The monoisotopic (exact) mass is 525 g/mol. The van der Waals surface area contributed by atoms with Crippen molar-refractivity contribution in [2.45, 2.75) is 61.6 Å². The number of hydrogen-bond donors (Lipinski definition) is 1. The van der Waals surface area contributed by atoms with Gasteiger partial charge in [0.25, 0.3) is 0 Å². The molecule has 35 heavy (non-hydrogen) atoms. The summed E-state index contributed by atoms with van der Waals surface area (Å²) in [5, 5.41) is 0. The van der Waals surface area contributed by atoms with Crippen LogP contribution in [0.4, 0.5) is 26.3 Å². The lowest BCUT2D eigenvalue weighted by molar-refractivity contribution is -0.284. The maximum Gasteiger partial charge on any atom is 0.453 e. The van der Waals surface area contributed by atoms with Crippen molar-refractivity contribution in [1.82, 2.24) is 4.72 Å². The molecular formula is C23H25F6NO4S. The van der Waals surface area contributed by atoms with Crippen LogP contribution in [0.3, 0.4) is 0 Å². The second kappa shape index (κ2) is 11.9. The molecule has 2 rings (SSSR count). The van der Waals surface area contributed by atoms with Crippen LogP contribution in [0, 0.1) is 5.82 Å². The topological polar surface area (TPSA) is 72.5 Å². The summed E-state index contributed by atoms with van der Waals surface area (Å²) in [5.41, 5.74) is 1.16. The minimum atomic E-state index is -5.71. The number of hydrogen-bond acceptors (Lipinski definition) is 4. The number of carbonyl (C=O) groups excluding carboxylic acids is 1. The fraction of sp³-hybridized carbons (Fsp3) is 0.435. The molecule has 0 radical (unpaired) electrons. The number of methoxy groups -OCH3 is 1. The van der Waals surface area contributed by atoms with Gasteiger partial charge in [0, 0.05) is 18.9 Å². The Kier molecular flexibility index (Phi) is 9.73. The third kappa shape index (κ3) is 8.53. The van der Waals surface area contributed by atoms with Crippen molar-refractivity contribution in [3.63, 3.8) is 0 Å². The number of nitrogens with one attached hydrogen (secondary N) is 1. The molecule has 0 aromatic heterocycles. The van der Waals surface area contributed by atoms with Crippen molar-refractivity contribution in [3.05, 3.63) is 65.5 Å². The highest BCUT2D eigenvalue weighted by Gasteiger charge is 2.56. The lowest BCUT2D eigenvalue weighted by Gasteiger charge is -2.23. The molecule has 0 heterocycles. The van der Waals surface area contributed by atoms with Crippen LogP contribution < -0.4 is 4.72 Å². The molecule has 0 saturated heterocycles. The molecule has 1 atom stereocenters. The van der Waals surface area contributed by atoms with Gasteiger partial charge in [0.1, 0.15) is 5.82 Å². The number of esters is 1. The fourth-order valence-electron chi connectivity index (χ4n) is 3.29. The second-order valence-electron chi connectivity index (χ2n) is 7.89. The summed E-state index contributed by atoms with van der Waals surface area (Å²) < 4.78 is 110. The second-order valence-corrected chi connectivity index (χ2v) is 9.61. The molecule has 0 spiro atoms. The number of benzene rings is 2. The van der Waals surface area contributed by atoms with Gasteiger partial charge in [-0.15, -0.1) is 0 Å². The van der Waals surface area contributed by atoms with Crippen molar-refractivity contribution >= 4 is 16.0 Å². The molecule has 0 amide bonds. The molecule has 2 aromatic rings. The number of rotatable bonds is 12. The Balaban J connectivity index is 2.19. The average molecular weight is 526 g/mol. The molecule has 0 bridgehead atoms. The van der Waals surface area contributed by atoms with E-state index in [2.05, 4.69) is 9.46 Å². The zero-order chi connectivity index (χ0) is 26.3. The minimum absolute atomic E-state index is 0.200. The van der Waals surface area contributed by atoms with Gasteiger partial charge in [-0.3, -0.25) is 4.79 Å². The lowest BCUT2D eigenvalue weighted by Crippen LogP contribution is -2.36.